The fraction of sp³-hybridized carbons (Fsp3) is 0.222. The van der Waals surface area contributed by atoms with Crippen LogP contribution >= 0.6 is 0 Å². The highest BCUT2D eigenvalue weighted by molar-refractivity contribution is 5.87. The van der Waals surface area contributed by atoms with Crippen molar-refractivity contribution in [2.45, 2.75) is 19.8 Å². The Morgan fingerprint density at radius 3 is 2.45 bits per heavy atom. The quantitative estimate of drug-likeness (QED) is 0.316. The monoisotopic (exact) mass is 438 g/mol. The van der Waals surface area contributed by atoms with E-state index in [2.05, 4.69) is 30.3 Å². The lowest BCUT2D eigenvalue weighted by Crippen LogP contribution is -2.09. The van der Waals surface area contributed by atoms with Gasteiger partial charge in [0.05, 0.1) is 23.3 Å². The molecule has 166 valence electrons. The van der Waals surface area contributed by atoms with Crippen LogP contribution in [-0.4, -0.2) is 39.8 Å². The summed E-state index contributed by atoms with van der Waals surface area (Å²) in [5.41, 5.74) is 4.99. The molecular formula is C27H26N4O2. The number of aromatic nitrogens is 4. The maximum atomic E-state index is 6.03. The number of benzene rings is 3. The van der Waals surface area contributed by atoms with Crippen LogP contribution in [0.25, 0.3) is 27.9 Å². The molecule has 3 aromatic carbocycles. The summed E-state index contributed by atoms with van der Waals surface area (Å²) in [4.78, 5) is 14.7. The van der Waals surface area contributed by atoms with Crippen molar-refractivity contribution in [3.05, 3.63) is 89.9 Å². The molecule has 0 spiro atoms. The number of rotatable bonds is 8. The third-order valence-electron chi connectivity index (χ3n) is 5.72. The van der Waals surface area contributed by atoms with E-state index in [0.717, 1.165) is 52.0 Å². The molecule has 0 fully saturated rings. The van der Waals surface area contributed by atoms with Crippen molar-refractivity contribution in [2.75, 3.05) is 20.3 Å². The Morgan fingerprint density at radius 1 is 0.788 bits per heavy atom. The highest BCUT2D eigenvalue weighted by Gasteiger charge is 2.17. The molecule has 2 aromatic heterocycles. The van der Waals surface area contributed by atoms with Crippen LogP contribution in [0.3, 0.4) is 0 Å². The highest BCUT2D eigenvalue weighted by Crippen LogP contribution is 2.29. The van der Waals surface area contributed by atoms with E-state index >= 15 is 0 Å². The second kappa shape index (κ2) is 9.38. The molecule has 0 N–H and O–H groups in total. The molecule has 6 nitrogen and oxygen atoms in total. The van der Waals surface area contributed by atoms with E-state index in [0.29, 0.717) is 19.2 Å². The van der Waals surface area contributed by atoms with Crippen LogP contribution in [0, 0.1) is 6.92 Å². The predicted molar refractivity (Wildman–Crippen MR) is 130 cm³/mol. The minimum Gasteiger partial charge on any atom is -0.489 e. The summed E-state index contributed by atoms with van der Waals surface area (Å²) in [6.07, 6.45) is 1.69. The van der Waals surface area contributed by atoms with E-state index in [-0.39, 0.29) is 0 Å². The van der Waals surface area contributed by atoms with Crippen molar-refractivity contribution in [3.8, 4) is 11.7 Å². The molecule has 0 bridgehead atoms. The molecule has 6 heteroatoms. The first-order chi connectivity index (χ1) is 16.2. The number of methoxy groups -OCH3 is 1. The molecule has 5 aromatic rings. The largest absolute Gasteiger partial charge is 0.489 e. The Bertz CT molecular complexity index is 1400. The maximum Gasteiger partial charge on any atom is 0.236 e. The standard InChI is InChI=1S/C27H26N4O2/c1-19-28-23-12-6-7-13-24(23)31(19)27-29-22(16-15-20-9-4-3-5-10-20)21-11-8-14-25(26(21)30-27)33-18-17-32-2/h3-14H,15-18H2,1-2H3. The fourth-order valence-electron chi connectivity index (χ4n) is 4.12. The van der Waals surface area contributed by atoms with Crippen LogP contribution in [0.4, 0.5) is 0 Å². The summed E-state index contributed by atoms with van der Waals surface area (Å²) in [5.74, 6) is 2.19. The van der Waals surface area contributed by atoms with Gasteiger partial charge in [0.15, 0.2) is 0 Å². The third kappa shape index (κ3) is 4.30. The highest BCUT2D eigenvalue weighted by atomic mass is 16.5. The maximum absolute atomic E-state index is 6.03. The minimum absolute atomic E-state index is 0.460. The number of aryl methyl sites for hydroxylation is 3. The Balaban J connectivity index is 1.65. The van der Waals surface area contributed by atoms with E-state index < -0.39 is 0 Å². The minimum atomic E-state index is 0.460. The smallest absolute Gasteiger partial charge is 0.236 e. The van der Waals surface area contributed by atoms with Gasteiger partial charge in [-0.25, -0.2) is 15.0 Å². The molecule has 0 unspecified atom stereocenters. The molecular weight excluding hydrogens is 412 g/mol. The van der Waals surface area contributed by atoms with E-state index in [1.165, 1.54) is 5.56 Å². The second-order valence-electron chi connectivity index (χ2n) is 7.93. The first kappa shape index (κ1) is 21.1. The van der Waals surface area contributed by atoms with Gasteiger partial charge >= 0.3 is 0 Å². The van der Waals surface area contributed by atoms with Crippen molar-refractivity contribution >= 4 is 21.9 Å². The SMILES string of the molecule is COCCOc1cccc2c(CCc3ccccc3)nc(-n3c(C)nc4ccccc43)nc12. The Hall–Kier alpha value is -3.77. The summed E-state index contributed by atoms with van der Waals surface area (Å²) in [6.45, 7) is 2.96. The first-order valence-electron chi connectivity index (χ1n) is 11.1. The number of nitrogens with zero attached hydrogens (tertiary/aromatic N) is 4. The molecule has 0 saturated carbocycles. The van der Waals surface area contributed by atoms with Gasteiger partial charge in [0, 0.05) is 12.5 Å². The normalized spacial score (nSPS) is 11.3. The van der Waals surface area contributed by atoms with Gasteiger partial charge in [0.25, 0.3) is 0 Å². The van der Waals surface area contributed by atoms with Crippen LogP contribution in [0.2, 0.25) is 0 Å². The lowest BCUT2D eigenvalue weighted by Gasteiger charge is -2.14. The zero-order valence-electron chi connectivity index (χ0n) is 18.9. The van der Waals surface area contributed by atoms with Gasteiger partial charge < -0.3 is 9.47 Å². The van der Waals surface area contributed by atoms with Crippen molar-refractivity contribution < 1.29 is 9.47 Å². The second-order valence-corrected chi connectivity index (χ2v) is 7.93. The van der Waals surface area contributed by atoms with Gasteiger partial charge in [-0.3, -0.25) is 4.57 Å². The van der Waals surface area contributed by atoms with Crippen molar-refractivity contribution in [2.24, 2.45) is 0 Å². The summed E-state index contributed by atoms with van der Waals surface area (Å²) in [5, 5.41) is 1.01. The zero-order chi connectivity index (χ0) is 22.6. The van der Waals surface area contributed by atoms with E-state index in [9.17, 15) is 0 Å². The van der Waals surface area contributed by atoms with E-state index in [1.807, 2.05) is 54.0 Å². The number of hydrogen-bond donors (Lipinski definition) is 0. The van der Waals surface area contributed by atoms with E-state index in [4.69, 9.17) is 24.4 Å². The number of imidazole rings is 1. The van der Waals surface area contributed by atoms with Gasteiger partial charge in [0.2, 0.25) is 5.95 Å². The lowest BCUT2D eigenvalue weighted by atomic mass is 10.0. The first-order valence-corrected chi connectivity index (χ1v) is 11.1. The van der Waals surface area contributed by atoms with Crippen LogP contribution in [-0.2, 0) is 17.6 Å². The average Bonchev–Trinajstić information content (AvgIpc) is 3.19. The molecule has 0 aliphatic heterocycles. The van der Waals surface area contributed by atoms with Crippen molar-refractivity contribution in [1.82, 2.24) is 19.5 Å². The number of hydrogen-bond acceptors (Lipinski definition) is 5. The third-order valence-corrected chi connectivity index (χ3v) is 5.72. The molecule has 33 heavy (non-hydrogen) atoms. The molecule has 2 heterocycles. The zero-order valence-corrected chi connectivity index (χ0v) is 18.9. The summed E-state index contributed by atoms with van der Waals surface area (Å²) >= 11 is 0. The summed E-state index contributed by atoms with van der Waals surface area (Å²) < 4.78 is 13.2. The number of ether oxygens (including phenoxy) is 2. The number of fused-ring (bicyclic) bond motifs is 2. The van der Waals surface area contributed by atoms with Crippen molar-refractivity contribution in [1.29, 1.82) is 0 Å². The van der Waals surface area contributed by atoms with Gasteiger partial charge in [-0.15, -0.1) is 0 Å². The topological polar surface area (TPSA) is 62.1 Å². The molecule has 5 rings (SSSR count). The Labute approximate surface area is 192 Å². The average molecular weight is 439 g/mol. The molecule has 0 atom stereocenters. The molecule has 0 aliphatic rings. The van der Waals surface area contributed by atoms with Crippen LogP contribution in [0.15, 0.2) is 72.8 Å². The van der Waals surface area contributed by atoms with E-state index in [1.54, 1.807) is 7.11 Å². The van der Waals surface area contributed by atoms with Gasteiger partial charge in [-0.05, 0) is 43.5 Å². The Kier molecular flexibility index (Phi) is 6.00. The van der Waals surface area contributed by atoms with Gasteiger partial charge in [-0.1, -0.05) is 54.6 Å². The van der Waals surface area contributed by atoms with Gasteiger partial charge in [-0.2, -0.15) is 0 Å². The molecule has 0 radical (unpaired) electrons. The van der Waals surface area contributed by atoms with Gasteiger partial charge in [0.1, 0.15) is 23.7 Å². The van der Waals surface area contributed by atoms with Crippen LogP contribution in [0.5, 0.6) is 5.75 Å². The van der Waals surface area contributed by atoms with Crippen molar-refractivity contribution in [3.63, 3.8) is 0 Å². The van der Waals surface area contributed by atoms with Crippen LogP contribution < -0.4 is 4.74 Å². The summed E-state index contributed by atoms with van der Waals surface area (Å²) in [7, 11) is 1.67. The number of para-hydroxylation sites is 3. The summed E-state index contributed by atoms with van der Waals surface area (Å²) in [6, 6.07) is 24.6. The lowest BCUT2D eigenvalue weighted by molar-refractivity contribution is 0.147. The molecule has 0 aliphatic carbocycles. The molecule has 0 saturated heterocycles. The van der Waals surface area contributed by atoms with Crippen LogP contribution in [0.1, 0.15) is 17.1 Å². The predicted octanol–water partition coefficient (Wildman–Crippen LogP) is 5.09. The fourth-order valence-corrected chi connectivity index (χ4v) is 4.12. The Morgan fingerprint density at radius 2 is 1.61 bits per heavy atom. The molecule has 0 amide bonds.